The van der Waals surface area contributed by atoms with E-state index in [-0.39, 0.29) is 0 Å². The first kappa shape index (κ1) is 13.6. The highest BCUT2D eigenvalue weighted by atomic mass is 16.3. The van der Waals surface area contributed by atoms with Gasteiger partial charge in [0.25, 0.3) is 0 Å². The quantitative estimate of drug-likeness (QED) is 0.841. The molecule has 2 rings (SSSR count). The summed E-state index contributed by atoms with van der Waals surface area (Å²) in [4.78, 5) is 0. The number of rotatable bonds is 5. The lowest BCUT2D eigenvalue weighted by molar-refractivity contribution is -0.0790. The number of hydrogen-bond acceptors (Lipinski definition) is 2. The fourth-order valence-electron chi connectivity index (χ4n) is 2.89. The van der Waals surface area contributed by atoms with Crippen molar-refractivity contribution in [3.8, 4) is 0 Å². The van der Waals surface area contributed by atoms with Gasteiger partial charge in [0.15, 0.2) is 0 Å². The lowest BCUT2D eigenvalue weighted by Gasteiger charge is -2.31. The van der Waals surface area contributed by atoms with Crippen molar-refractivity contribution in [1.82, 2.24) is 0 Å². The second-order valence-electron chi connectivity index (χ2n) is 5.49. The molecule has 2 N–H and O–H groups in total. The van der Waals surface area contributed by atoms with Gasteiger partial charge in [-0.25, -0.2) is 0 Å². The molecule has 1 atom stereocenters. The fraction of sp³-hybridized carbons (Fsp3) is 0.625. The van der Waals surface area contributed by atoms with Crippen LogP contribution in [0.4, 0.5) is 0 Å². The number of aliphatic hydroxyl groups is 2. The standard InChI is InChI=1S/C16H24O2/c1-3-16(18,4-2)15(17)11-12-8-9-13-6-5-7-14(13)10-12/h8-10,15,17-18H,3-7,11H2,1-2H3. The van der Waals surface area contributed by atoms with Crippen molar-refractivity contribution >= 4 is 0 Å². The zero-order valence-electron chi connectivity index (χ0n) is 11.4. The first-order chi connectivity index (χ1) is 8.59. The van der Waals surface area contributed by atoms with Gasteiger partial charge in [-0.2, -0.15) is 0 Å². The summed E-state index contributed by atoms with van der Waals surface area (Å²) < 4.78 is 0. The molecule has 0 spiro atoms. The van der Waals surface area contributed by atoms with E-state index in [1.807, 2.05) is 13.8 Å². The van der Waals surface area contributed by atoms with Gasteiger partial charge >= 0.3 is 0 Å². The lowest BCUT2D eigenvalue weighted by atomic mass is 9.86. The summed E-state index contributed by atoms with van der Waals surface area (Å²) in [5, 5.41) is 20.5. The summed E-state index contributed by atoms with van der Waals surface area (Å²) in [5.74, 6) is 0. The number of fused-ring (bicyclic) bond motifs is 1. The van der Waals surface area contributed by atoms with E-state index >= 15 is 0 Å². The van der Waals surface area contributed by atoms with Crippen molar-refractivity contribution in [2.75, 3.05) is 0 Å². The Hall–Kier alpha value is -0.860. The van der Waals surface area contributed by atoms with Crippen LogP contribution in [0.1, 0.15) is 49.8 Å². The van der Waals surface area contributed by atoms with Gasteiger partial charge in [0.1, 0.15) is 0 Å². The van der Waals surface area contributed by atoms with E-state index in [1.54, 1.807) is 0 Å². The summed E-state index contributed by atoms with van der Waals surface area (Å²) in [6, 6.07) is 6.48. The molecular formula is C16H24O2. The highest BCUT2D eigenvalue weighted by Gasteiger charge is 2.31. The molecule has 2 heteroatoms. The van der Waals surface area contributed by atoms with Crippen molar-refractivity contribution in [3.05, 3.63) is 34.9 Å². The molecule has 0 bridgehead atoms. The summed E-state index contributed by atoms with van der Waals surface area (Å²) >= 11 is 0. The van der Waals surface area contributed by atoms with E-state index in [0.717, 1.165) is 12.0 Å². The van der Waals surface area contributed by atoms with E-state index in [2.05, 4.69) is 18.2 Å². The molecule has 0 radical (unpaired) electrons. The van der Waals surface area contributed by atoms with Crippen LogP contribution in [0.15, 0.2) is 18.2 Å². The normalized spacial score (nSPS) is 16.7. The van der Waals surface area contributed by atoms with Gasteiger partial charge < -0.3 is 10.2 Å². The smallest absolute Gasteiger partial charge is 0.0903 e. The third-order valence-electron chi connectivity index (χ3n) is 4.44. The summed E-state index contributed by atoms with van der Waals surface area (Å²) in [6.07, 6.45) is 4.65. The Morgan fingerprint density at radius 2 is 1.83 bits per heavy atom. The molecule has 1 aliphatic carbocycles. The maximum absolute atomic E-state index is 10.3. The van der Waals surface area contributed by atoms with Crippen molar-refractivity contribution in [2.24, 2.45) is 0 Å². The lowest BCUT2D eigenvalue weighted by Crippen LogP contribution is -2.42. The molecule has 1 aromatic carbocycles. The summed E-state index contributed by atoms with van der Waals surface area (Å²) in [6.45, 7) is 3.85. The fourth-order valence-corrected chi connectivity index (χ4v) is 2.89. The molecule has 0 aromatic heterocycles. The molecule has 1 aliphatic rings. The zero-order valence-corrected chi connectivity index (χ0v) is 11.4. The van der Waals surface area contributed by atoms with Crippen LogP contribution in [0.5, 0.6) is 0 Å². The minimum atomic E-state index is -0.945. The van der Waals surface area contributed by atoms with Crippen LogP contribution in [0.2, 0.25) is 0 Å². The van der Waals surface area contributed by atoms with Crippen LogP contribution < -0.4 is 0 Å². The molecule has 0 saturated heterocycles. The molecule has 0 saturated carbocycles. The average Bonchev–Trinajstić information content (AvgIpc) is 2.85. The van der Waals surface area contributed by atoms with Crippen LogP contribution in [-0.2, 0) is 19.3 Å². The SMILES string of the molecule is CCC(O)(CC)C(O)Cc1ccc2c(c1)CCC2. The molecular weight excluding hydrogens is 224 g/mol. The zero-order chi connectivity index (χ0) is 13.2. The predicted octanol–water partition coefficient (Wildman–Crippen LogP) is 2.63. The molecule has 18 heavy (non-hydrogen) atoms. The minimum Gasteiger partial charge on any atom is -0.390 e. The van der Waals surface area contributed by atoms with Crippen LogP contribution in [0.3, 0.4) is 0 Å². The molecule has 0 aliphatic heterocycles. The Kier molecular flexibility index (Phi) is 4.08. The van der Waals surface area contributed by atoms with Crippen LogP contribution >= 0.6 is 0 Å². The summed E-state index contributed by atoms with van der Waals surface area (Å²) in [7, 11) is 0. The third-order valence-corrected chi connectivity index (χ3v) is 4.44. The maximum Gasteiger partial charge on any atom is 0.0903 e. The topological polar surface area (TPSA) is 40.5 Å². The number of aryl methyl sites for hydroxylation is 2. The monoisotopic (exact) mass is 248 g/mol. The molecule has 0 fully saturated rings. The molecule has 0 amide bonds. The Balaban J connectivity index is 2.09. The molecule has 100 valence electrons. The number of aliphatic hydroxyl groups excluding tert-OH is 1. The van der Waals surface area contributed by atoms with E-state index in [0.29, 0.717) is 19.3 Å². The highest BCUT2D eigenvalue weighted by molar-refractivity contribution is 5.35. The van der Waals surface area contributed by atoms with E-state index < -0.39 is 11.7 Å². The first-order valence-corrected chi connectivity index (χ1v) is 7.10. The highest BCUT2D eigenvalue weighted by Crippen LogP contribution is 2.26. The van der Waals surface area contributed by atoms with Gasteiger partial charge in [-0.3, -0.25) is 0 Å². The van der Waals surface area contributed by atoms with Crippen molar-refractivity contribution in [2.45, 2.75) is 64.1 Å². The Morgan fingerprint density at radius 1 is 1.17 bits per heavy atom. The van der Waals surface area contributed by atoms with Gasteiger partial charge in [-0.1, -0.05) is 32.0 Å². The third kappa shape index (κ3) is 2.60. The molecule has 0 heterocycles. The second kappa shape index (κ2) is 5.41. The Labute approximate surface area is 110 Å². The molecule has 1 unspecified atom stereocenters. The first-order valence-electron chi connectivity index (χ1n) is 7.10. The molecule has 1 aromatic rings. The molecule has 2 nitrogen and oxygen atoms in total. The van der Waals surface area contributed by atoms with Gasteiger partial charge in [0.2, 0.25) is 0 Å². The number of hydrogen-bond donors (Lipinski definition) is 2. The maximum atomic E-state index is 10.3. The van der Waals surface area contributed by atoms with Gasteiger partial charge in [0.05, 0.1) is 11.7 Å². The van der Waals surface area contributed by atoms with E-state index in [1.165, 1.54) is 24.0 Å². The Morgan fingerprint density at radius 3 is 2.50 bits per heavy atom. The van der Waals surface area contributed by atoms with Crippen LogP contribution in [0, 0.1) is 0 Å². The summed E-state index contributed by atoms with van der Waals surface area (Å²) in [5.41, 5.74) is 3.08. The second-order valence-corrected chi connectivity index (χ2v) is 5.49. The van der Waals surface area contributed by atoms with E-state index in [9.17, 15) is 10.2 Å². The van der Waals surface area contributed by atoms with Crippen molar-refractivity contribution < 1.29 is 10.2 Å². The van der Waals surface area contributed by atoms with Gasteiger partial charge in [-0.05, 0) is 48.8 Å². The Bertz CT molecular complexity index is 408. The van der Waals surface area contributed by atoms with Gasteiger partial charge in [-0.15, -0.1) is 0 Å². The predicted molar refractivity (Wildman–Crippen MR) is 73.7 cm³/mol. The van der Waals surface area contributed by atoms with E-state index in [4.69, 9.17) is 0 Å². The van der Waals surface area contributed by atoms with Crippen molar-refractivity contribution in [3.63, 3.8) is 0 Å². The number of benzene rings is 1. The van der Waals surface area contributed by atoms with Crippen molar-refractivity contribution in [1.29, 1.82) is 0 Å². The largest absolute Gasteiger partial charge is 0.390 e. The van der Waals surface area contributed by atoms with Crippen LogP contribution in [0.25, 0.3) is 0 Å². The van der Waals surface area contributed by atoms with Crippen LogP contribution in [-0.4, -0.2) is 21.9 Å². The minimum absolute atomic E-state index is 0.547. The average molecular weight is 248 g/mol. The van der Waals surface area contributed by atoms with Gasteiger partial charge in [0, 0.05) is 6.42 Å².